The van der Waals surface area contributed by atoms with Crippen molar-refractivity contribution in [3.63, 3.8) is 0 Å². The molecular weight excluding hydrogens is 238 g/mol. The molecule has 0 aliphatic carbocycles. The van der Waals surface area contributed by atoms with Crippen LogP contribution in [0.15, 0.2) is 54.6 Å². The Labute approximate surface area is 113 Å². The lowest BCUT2D eigenvalue weighted by Crippen LogP contribution is -2.21. The van der Waals surface area contributed by atoms with Gasteiger partial charge in [-0.05, 0) is 29.7 Å². The Bertz CT molecular complexity index is 508. The van der Waals surface area contributed by atoms with E-state index in [4.69, 9.17) is 4.74 Å². The van der Waals surface area contributed by atoms with Crippen molar-refractivity contribution in [2.75, 3.05) is 7.11 Å². The molecule has 1 N–H and O–H groups in total. The van der Waals surface area contributed by atoms with Crippen LogP contribution in [0, 0.1) is 0 Å². The van der Waals surface area contributed by atoms with E-state index in [1.807, 2.05) is 54.6 Å². The molecule has 2 aromatic rings. The molecule has 0 spiro atoms. The van der Waals surface area contributed by atoms with Gasteiger partial charge in [0.15, 0.2) is 0 Å². The van der Waals surface area contributed by atoms with Gasteiger partial charge in [0.25, 0.3) is 0 Å². The Kier molecular flexibility index (Phi) is 4.56. The average Bonchev–Trinajstić information content (AvgIpc) is 2.48. The molecule has 0 radical (unpaired) electrons. The molecule has 0 aromatic heterocycles. The predicted octanol–water partition coefficient (Wildman–Crippen LogP) is 2.73. The van der Waals surface area contributed by atoms with E-state index >= 15 is 0 Å². The highest BCUT2D eigenvalue weighted by Gasteiger charge is 2.10. The predicted molar refractivity (Wildman–Crippen MR) is 75.1 cm³/mol. The van der Waals surface area contributed by atoms with E-state index < -0.39 is 0 Å². The maximum absolute atomic E-state index is 10.7. The molecule has 3 nitrogen and oxygen atoms in total. The largest absolute Gasteiger partial charge is 0.497 e. The quantitative estimate of drug-likeness (QED) is 0.806. The van der Waals surface area contributed by atoms with Crippen LogP contribution >= 0.6 is 0 Å². The monoisotopic (exact) mass is 255 g/mol. The SMILES string of the molecule is COc1ccc(CC(NC=O)c2ccccc2)cc1. The summed E-state index contributed by atoms with van der Waals surface area (Å²) in [6, 6.07) is 17.8. The second-order valence-electron chi connectivity index (χ2n) is 4.30. The smallest absolute Gasteiger partial charge is 0.207 e. The van der Waals surface area contributed by atoms with Crippen LogP contribution in [0.4, 0.5) is 0 Å². The molecule has 0 heterocycles. The summed E-state index contributed by atoms with van der Waals surface area (Å²) in [6.07, 6.45) is 1.51. The number of carbonyl (C=O) groups is 1. The van der Waals surface area contributed by atoms with Crippen LogP contribution in [0.3, 0.4) is 0 Å². The minimum absolute atomic E-state index is 0.00732. The van der Waals surface area contributed by atoms with Crippen molar-refractivity contribution in [1.29, 1.82) is 0 Å². The minimum atomic E-state index is -0.00732. The van der Waals surface area contributed by atoms with Crippen LogP contribution in [0.2, 0.25) is 0 Å². The van der Waals surface area contributed by atoms with Crippen LogP contribution < -0.4 is 10.1 Å². The third kappa shape index (κ3) is 3.58. The fraction of sp³-hybridized carbons (Fsp3) is 0.188. The molecule has 1 atom stereocenters. The van der Waals surface area contributed by atoms with Gasteiger partial charge in [-0.2, -0.15) is 0 Å². The summed E-state index contributed by atoms with van der Waals surface area (Å²) >= 11 is 0. The van der Waals surface area contributed by atoms with Gasteiger partial charge in [-0.1, -0.05) is 42.5 Å². The van der Waals surface area contributed by atoms with Gasteiger partial charge in [-0.15, -0.1) is 0 Å². The van der Waals surface area contributed by atoms with Crippen molar-refractivity contribution < 1.29 is 9.53 Å². The summed E-state index contributed by atoms with van der Waals surface area (Å²) in [5.74, 6) is 0.836. The van der Waals surface area contributed by atoms with E-state index in [2.05, 4.69) is 5.32 Å². The highest BCUT2D eigenvalue weighted by Crippen LogP contribution is 2.19. The van der Waals surface area contributed by atoms with E-state index in [0.717, 1.165) is 29.7 Å². The fourth-order valence-electron chi connectivity index (χ4n) is 2.04. The Morgan fingerprint density at radius 2 is 1.79 bits per heavy atom. The highest BCUT2D eigenvalue weighted by atomic mass is 16.5. The van der Waals surface area contributed by atoms with Crippen LogP contribution in [0.5, 0.6) is 5.75 Å². The first-order valence-electron chi connectivity index (χ1n) is 6.21. The zero-order chi connectivity index (χ0) is 13.5. The van der Waals surface area contributed by atoms with Gasteiger partial charge < -0.3 is 10.1 Å². The van der Waals surface area contributed by atoms with Crippen LogP contribution in [-0.2, 0) is 11.2 Å². The van der Waals surface area contributed by atoms with Crippen molar-refractivity contribution in [1.82, 2.24) is 5.32 Å². The molecule has 0 aliphatic heterocycles. The summed E-state index contributed by atoms with van der Waals surface area (Å²) < 4.78 is 5.13. The molecule has 2 aromatic carbocycles. The van der Waals surface area contributed by atoms with Gasteiger partial charge >= 0.3 is 0 Å². The highest BCUT2D eigenvalue weighted by molar-refractivity contribution is 5.48. The van der Waals surface area contributed by atoms with E-state index in [9.17, 15) is 4.79 Å². The molecule has 19 heavy (non-hydrogen) atoms. The summed E-state index contributed by atoms with van der Waals surface area (Å²) in [7, 11) is 1.65. The third-order valence-corrected chi connectivity index (χ3v) is 3.07. The van der Waals surface area contributed by atoms with Crippen LogP contribution in [-0.4, -0.2) is 13.5 Å². The number of ether oxygens (including phenoxy) is 1. The van der Waals surface area contributed by atoms with Crippen molar-refractivity contribution in [3.05, 3.63) is 65.7 Å². The molecule has 0 bridgehead atoms. The standard InChI is InChI=1S/C16H17NO2/c1-19-15-9-7-13(8-10-15)11-16(17-12-18)14-5-3-2-4-6-14/h2-10,12,16H,11H2,1H3,(H,17,18). The first kappa shape index (κ1) is 13.1. The number of methoxy groups -OCH3 is 1. The normalized spacial score (nSPS) is 11.6. The molecule has 3 heteroatoms. The summed E-state index contributed by atoms with van der Waals surface area (Å²) in [5, 5.41) is 2.86. The molecule has 98 valence electrons. The van der Waals surface area contributed by atoms with Gasteiger partial charge in [0.1, 0.15) is 5.75 Å². The van der Waals surface area contributed by atoms with Gasteiger partial charge in [0.2, 0.25) is 6.41 Å². The van der Waals surface area contributed by atoms with Crippen molar-refractivity contribution in [2.45, 2.75) is 12.5 Å². The Balaban J connectivity index is 2.14. The molecule has 2 rings (SSSR count). The molecule has 1 amide bonds. The molecular formula is C16H17NO2. The molecule has 0 aliphatic rings. The molecule has 0 saturated heterocycles. The van der Waals surface area contributed by atoms with E-state index in [-0.39, 0.29) is 6.04 Å². The van der Waals surface area contributed by atoms with E-state index in [1.165, 1.54) is 0 Å². The summed E-state index contributed by atoms with van der Waals surface area (Å²) in [5.41, 5.74) is 2.26. The van der Waals surface area contributed by atoms with Gasteiger partial charge in [0, 0.05) is 0 Å². The third-order valence-electron chi connectivity index (χ3n) is 3.07. The first-order valence-corrected chi connectivity index (χ1v) is 6.21. The zero-order valence-electron chi connectivity index (χ0n) is 10.9. The Morgan fingerprint density at radius 1 is 1.11 bits per heavy atom. The summed E-state index contributed by atoms with van der Waals surface area (Å²) in [4.78, 5) is 10.7. The molecule has 1 unspecified atom stereocenters. The topological polar surface area (TPSA) is 38.3 Å². The lowest BCUT2D eigenvalue weighted by Gasteiger charge is -2.16. The van der Waals surface area contributed by atoms with Crippen LogP contribution in [0.1, 0.15) is 17.2 Å². The molecule has 0 saturated carbocycles. The summed E-state index contributed by atoms with van der Waals surface area (Å²) in [6.45, 7) is 0. The van der Waals surface area contributed by atoms with Crippen LogP contribution in [0.25, 0.3) is 0 Å². The molecule has 0 fully saturated rings. The number of amides is 1. The van der Waals surface area contributed by atoms with E-state index in [0.29, 0.717) is 0 Å². The number of hydrogen-bond donors (Lipinski definition) is 1. The average molecular weight is 255 g/mol. The van der Waals surface area contributed by atoms with Crippen molar-refractivity contribution in [2.24, 2.45) is 0 Å². The Morgan fingerprint density at radius 3 is 2.37 bits per heavy atom. The minimum Gasteiger partial charge on any atom is -0.497 e. The first-order chi connectivity index (χ1) is 9.33. The second-order valence-corrected chi connectivity index (χ2v) is 4.30. The van der Waals surface area contributed by atoms with Crippen molar-refractivity contribution >= 4 is 6.41 Å². The number of hydrogen-bond acceptors (Lipinski definition) is 2. The number of carbonyl (C=O) groups excluding carboxylic acids is 1. The zero-order valence-corrected chi connectivity index (χ0v) is 10.9. The van der Waals surface area contributed by atoms with Gasteiger partial charge in [-0.3, -0.25) is 4.79 Å². The van der Waals surface area contributed by atoms with E-state index in [1.54, 1.807) is 7.11 Å². The number of nitrogens with one attached hydrogen (secondary N) is 1. The maximum Gasteiger partial charge on any atom is 0.207 e. The number of rotatable bonds is 6. The lowest BCUT2D eigenvalue weighted by atomic mass is 9.99. The fourth-order valence-corrected chi connectivity index (χ4v) is 2.04. The Hall–Kier alpha value is -2.29. The maximum atomic E-state index is 10.7. The van der Waals surface area contributed by atoms with Gasteiger partial charge in [-0.25, -0.2) is 0 Å². The van der Waals surface area contributed by atoms with Gasteiger partial charge in [0.05, 0.1) is 13.2 Å². The van der Waals surface area contributed by atoms with Crippen molar-refractivity contribution in [3.8, 4) is 5.75 Å². The second kappa shape index (κ2) is 6.59. The lowest BCUT2D eigenvalue weighted by molar-refractivity contribution is -0.110. The number of benzene rings is 2.